The van der Waals surface area contributed by atoms with Crippen LogP contribution in [0.15, 0.2) is 0 Å². The molecule has 1 rings (SSSR count). The molecule has 0 spiro atoms. The zero-order valence-electron chi connectivity index (χ0n) is 11.8. The van der Waals surface area contributed by atoms with Crippen LogP contribution in [-0.2, 0) is 19.6 Å². The van der Waals surface area contributed by atoms with Crippen LogP contribution >= 0.6 is 0 Å². The number of nitrogens with two attached hydrogens (primary N) is 2. The van der Waals surface area contributed by atoms with E-state index in [0.717, 1.165) is 19.3 Å². The van der Waals surface area contributed by atoms with Crippen LogP contribution < -0.4 is 11.5 Å². The second-order valence-electron chi connectivity index (χ2n) is 6.01. The van der Waals surface area contributed by atoms with E-state index in [1.165, 1.54) is 0 Å². The predicted octanol–water partition coefficient (Wildman–Crippen LogP) is 1.93. The van der Waals surface area contributed by atoms with Crippen molar-refractivity contribution in [3.05, 3.63) is 0 Å². The molecule has 1 fully saturated rings. The average Bonchev–Trinajstić information content (AvgIpc) is 2.24. The summed E-state index contributed by atoms with van der Waals surface area (Å²) in [6.07, 6.45) is 4.51. The summed E-state index contributed by atoms with van der Waals surface area (Å²) in [6.45, 7) is 6.82. The van der Waals surface area contributed by atoms with Crippen LogP contribution in [0, 0.1) is 0 Å². The van der Waals surface area contributed by atoms with E-state index in [4.69, 9.17) is 31.0 Å². The molecule has 0 aromatic rings. The molecule has 1 aliphatic rings. The molecule has 18 heavy (non-hydrogen) atoms. The molecule has 0 radical (unpaired) electrons. The Morgan fingerprint density at radius 1 is 0.778 bits per heavy atom. The molecule has 1 aliphatic carbocycles. The molecule has 6 heteroatoms. The summed E-state index contributed by atoms with van der Waals surface area (Å²) in [5.74, 6) is -0.911. The van der Waals surface area contributed by atoms with Gasteiger partial charge in [0.25, 0.3) is 0 Å². The van der Waals surface area contributed by atoms with Crippen LogP contribution in [0.25, 0.3) is 0 Å². The third kappa shape index (κ3) is 6.08. The fraction of sp³-hybridized carbons (Fsp3) is 1.00. The second kappa shape index (κ2) is 5.81. The van der Waals surface area contributed by atoms with E-state index in [0.29, 0.717) is 12.8 Å². The Labute approximate surface area is 109 Å². The van der Waals surface area contributed by atoms with Crippen molar-refractivity contribution in [3.63, 3.8) is 0 Å². The first-order valence-corrected chi connectivity index (χ1v) is 6.43. The normalized spacial score (nSPS) is 21.0. The van der Waals surface area contributed by atoms with Gasteiger partial charge in [-0.3, -0.25) is 0 Å². The Morgan fingerprint density at radius 2 is 1.17 bits per heavy atom. The van der Waals surface area contributed by atoms with Crippen molar-refractivity contribution in [2.45, 2.75) is 77.0 Å². The van der Waals surface area contributed by atoms with Gasteiger partial charge in [-0.1, -0.05) is 6.42 Å². The molecule has 0 heterocycles. The highest BCUT2D eigenvalue weighted by atomic mass is 17.3. The van der Waals surface area contributed by atoms with Gasteiger partial charge in [0.2, 0.25) is 5.79 Å². The lowest BCUT2D eigenvalue weighted by Crippen LogP contribution is -2.47. The lowest BCUT2D eigenvalue weighted by atomic mass is 9.94. The lowest BCUT2D eigenvalue weighted by Gasteiger charge is -2.37. The van der Waals surface area contributed by atoms with Crippen LogP contribution in [0.2, 0.25) is 0 Å². The van der Waals surface area contributed by atoms with Gasteiger partial charge in [-0.25, -0.2) is 9.78 Å². The maximum atomic E-state index is 5.73. The van der Waals surface area contributed by atoms with Gasteiger partial charge in [0, 0.05) is 12.8 Å². The monoisotopic (exact) mass is 262 g/mol. The zero-order valence-corrected chi connectivity index (χ0v) is 11.8. The smallest absolute Gasteiger partial charge is 0.234 e. The minimum atomic E-state index is -0.911. The lowest BCUT2D eigenvalue weighted by molar-refractivity contribution is -0.547. The van der Waals surface area contributed by atoms with Crippen molar-refractivity contribution in [2.24, 2.45) is 11.5 Å². The van der Waals surface area contributed by atoms with E-state index in [9.17, 15) is 0 Å². The highest BCUT2D eigenvalue weighted by molar-refractivity contribution is 4.73. The molecule has 0 aromatic carbocycles. The van der Waals surface area contributed by atoms with E-state index in [2.05, 4.69) is 0 Å². The first kappa shape index (κ1) is 15.8. The molecule has 4 N–H and O–H groups in total. The number of hydrogen-bond acceptors (Lipinski definition) is 6. The Kier molecular flexibility index (Phi) is 5.11. The van der Waals surface area contributed by atoms with Crippen LogP contribution in [0.3, 0.4) is 0 Å². The summed E-state index contributed by atoms with van der Waals surface area (Å²) in [5.41, 5.74) is 9.68. The molecular weight excluding hydrogens is 236 g/mol. The Balaban J connectivity index is 2.57. The van der Waals surface area contributed by atoms with Gasteiger partial charge < -0.3 is 11.5 Å². The Bertz CT molecular complexity index is 232. The van der Waals surface area contributed by atoms with Crippen molar-refractivity contribution in [1.29, 1.82) is 0 Å². The van der Waals surface area contributed by atoms with E-state index in [1.54, 1.807) is 27.7 Å². The van der Waals surface area contributed by atoms with E-state index in [-0.39, 0.29) is 0 Å². The molecular formula is C12H26N2O4. The molecule has 1 saturated carbocycles. The molecule has 108 valence electrons. The summed E-state index contributed by atoms with van der Waals surface area (Å²) in [7, 11) is 0. The third-order valence-electron chi connectivity index (χ3n) is 2.43. The van der Waals surface area contributed by atoms with Crippen molar-refractivity contribution < 1.29 is 19.6 Å². The van der Waals surface area contributed by atoms with Gasteiger partial charge in [0.05, 0.1) is 0 Å². The van der Waals surface area contributed by atoms with Gasteiger partial charge in [-0.15, -0.1) is 0 Å². The van der Waals surface area contributed by atoms with Crippen LogP contribution in [0.5, 0.6) is 0 Å². The number of hydrogen-bond donors (Lipinski definition) is 2. The average molecular weight is 262 g/mol. The SMILES string of the molecule is CC(C)(N)OOC1(OOC(C)(C)N)CCCCC1. The van der Waals surface area contributed by atoms with Gasteiger partial charge >= 0.3 is 0 Å². The largest absolute Gasteiger partial charge is 0.301 e. The van der Waals surface area contributed by atoms with Crippen molar-refractivity contribution in [3.8, 4) is 0 Å². The Hall–Kier alpha value is -0.240. The minimum Gasteiger partial charge on any atom is -0.301 e. The fourth-order valence-corrected chi connectivity index (χ4v) is 1.64. The van der Waals surface area contributed by atoms with E-state index in [1.807, 2.05) is 0 Å². The summed E-state index contributed by atoms with van der Waals surface area (Å²) in [4.78, 5) is 21.1. The summed E-state index contributed by atoms with van der Waals surface area (Å²) >= 11 is 0. The standard InChI is InChI=1S/C12H26N2O4/c1-10(2,13)15-17-12(8-6-5-7-9-12)18-16-11(3,4)14/h5-9,13-14H2,1-4H3. The van der Waals surface area contributed by atoms with E-state index >= 15 is 0 Å². The first-order valence-electron chi connectivity index (χ1n) is 6.43. The third-order valence-corrected chi connectivity index (χ3v) is 2.43. The Morgan fingerprint density at radius 3 is 1.50 bits per heavy atom. The van der Waals surface area contributed by atoms with Gasteiger partial charge in [-0.05, 0) is 40.5 Å². The van der Waals surface area contributed by atoms with E-state index < -0.39 is 17.2 Å². The summed E-state index contributed by atoms with van der Waals surface area (Å²) < 4.78 is 0. The highest BCUT2D eigenvalue weighted by Crippen LogP contribution is 2.34. The quantitative estimate of drug-likeness (QED) is 0.432. The van der Waals surface area contributed by atoms with Crippen molar-refractivity contribution in [2.75, 3.05) is 0 Å². The molecule has 0 amide bonds. The minimum absolute atomic E-state index is 0.694. The summed E-state index contributed by atoms with van der Waals surface area (Å²) in [6, 6.07) is 0. The molecule has 0 aliphatic heterocycles. The topological polar surface area (TPSA) is 89.0 Å². The second-order valence-corrected chi connectivity index (χ2v) is 6.01. The van der Waals surface area contributed by atoms with Crippen LogP contribution in [0.4, 0.5) is 0 Å². The van der Waals surface area contributed by atoms with Gasteiger partial charge in [-0.2, -0.15) is 9.78 Å². The van der Waals surface area contributed by atoms with Gasteiger partial charge in [0.15, 0.2) is 0 Å². The molecule has 0 aromatic heterocycles. The number of rotatable bonds is 6. The van der Waals surface area contributed by atoms with Crippen molar-refractivity contribution >= 4 is 0 Å². The fourth-order valence-electron chi connectivity index (χ4n) is 1.64. The molecule has 6 nitrogen and oxygen atoms in total. The van der Waals surface area contributed by atoms with Crippen LogP contribution in [0.1, 0.15) is 59.8 Å². The molecule has 0 bridgehead atoms. The maximum absolute atomic E-state index is 5.73. The zero-order chi connectivity index (χ0) is 13.9. The van der Waals surface area contributed by atoms with Gasteiger partial charge in [0.1, 0.15) is 11.4 Å². The van der Waals surface area contributed by atoms with Crippen molar-refractivity contribution in [1.82, 2.24) is 0 Å². The summed E-state index contributed by atoms with van der Waals surface area (Å²) in [5, 5.41) is 0. The predicted molar refractivity (Wildman–Crippen MR) is 66.7 cm³/mol. The van der Waals surface area contributed by atoms with Crippen LogP contribution in [-0.4, -0.2) is 17.2 Å². The molecule has 0 atom stereocenters. The first-order chi connectivity index (χ1) is 8.12. The molecule has 0 unspecified atom stereocenters. The highest BCUT2D eigenvalue weighted by Gasteiger charge is 2.40. The molecule has 0 saturated heterocycles. The maximum Gasteiger partial charge on any atom is 0.234 e.